The Morgan fingerprint density at radius 3 is 1.94 bits per heavy atom. The van der Waals surface area contributed by atoms with E-state index in [0.717, 1.165) is 11.5 Å². The average molecular weight is 276 g/mol. The number of benzene rings is 1. The number of fused-ring (bicyclic) bond motifs is 1. The van der Waals surface area contributed by atoms with Crippen molar-refractivity contribution < 1.29 is 14.4 Å². The van der Waals surface area contributed by atoms with Crippen molar-refractivity contribution in [2.75, 3.05) is 11.5 Å². The fraction of sp³-hybridized carbons (Fsp3) is 0.154. The standard InChI is InChI=1S/C13H8O3S2/c14-10-7-3-1-2-4-8(7)11(15)12(16)9(10)13-17-5-6-18-13/h1-4H,5-6H2. The summed E-state index contributed by atoms with van der Waals surface area (Å²) in [7, 11) is 0. The van der Waals surface area contributed by atoms with Gasteiger partial charge in [0.25, 0.3) is 0 Å². The van der Waals surface area contributed by atoms with Gasteiger partial charge in [0.2, 0.25) is 11.6 Å². The number of allylic oxidation sites excluding steroid dienone is 1. The molecule has 1 aliphatic heterocycles. The molecule has 2 aliphatic rings. The first-order chi connectivity index (χ1) is 8.70. The lowest BCUT2D eigenvalue weighted by atomic mass is 9.86. The largest absolute Gasteiger partial charge is 0.288 e. The van der Waals surface area contributed by atoms with Gasteiger partial charge in [-0.2, -0.15) is 0 Å². The van der Waals surface area contributed by atoms with Gasteiger partial charge in [-0.15, -0.1) is 23.5 Å². The second-order valence-corrected chi connectivity index (χ2v) is 6.36. The van der Waals surface area contributed by atoms with Crippen LogP contribution in [0.1, 0.15) is 20.7 Å². The van der Waals surface area contributed by atoms with Gasteiger partial charge >= 0.3 is 0 Å². The van der Waals surface area contributed by atoms with Crippen molar-refractivity contribution in [3.63, 3.8) is 0 Å². The zero-order valence-electron chi connectivity index (χ0n) is 9.26. The zero-order chi connectivity index (χ0) is 12.7. The maximum absolute atomic E-state index is 12.3. The smallest absolute Gasteiger partial charge is 0.239 e. The van der Waals surface area contributed by atoms with Crippen LogP contribution in [0.4, 0.5) is 0 Å². The van der Waals surface area contributed by atoms with Gasteiger partial charge in [-0.3, -0.25) is 14.4 Å². The highest BCUT2D eigenvalue weighted by molar-refractivity contribution is 8.25. The van der Waals surface area contributed by atoms with Gasteiger partial charge < -0.3 is 0 Å². The van der Waals surface area contributed by atoms with Crippen molar-refractivity contribution in [3.8, 4) is 0 Å². The SMILES string of the molecule is O=C1C(=O)c2ccccc2C(=O)C1=C1SCCS1. The molecule has 18 heavy (non-hydrogen) atoms. The highest BCUT2D eigenvalue weighted by atomic mass is 32.2. The van der Waals surface area contributed by atoms with Crippen LogP contribution >= 0.6 is 23.5 Å². The second kappa shape index (κ2) is 4.40. The molecule has 0 unspecified atom stereocenters. The number of hydrogen-bond donors (Lipinski definition) is 0. The van der Waals surface area contributed by atoms with Crippen LogP contribution in [0.3, 0.4) is 0 Å². The summed E-state index contributed by atoms with van der Waals surface area (Å²) in [6, 6.07) is 6.50. The number of Topliss-reactive ketones (excluding diaryl/α,β-unsaturated/α-hetero) is 3. The van der Waals surface area contributed by atoms with Crippen LogP contribution in [-0.4, -0.2) is 28.9 Å². The predicted octanol–water partition coefficient (Wildman–Crippen LogP) is 2.33. The molecule has 0 radical (unpaired) electrons. The van der Waals surface area contributed by atoms with Crippen LogP contribution < -0.4 is 0 Å². The molecule has 0 saturated carbocycles. The van der Waals surface area contributed by atoms with Gasteiger partial charge in [0.15, 0.2) is 5.78 Å². The lowest BCUT2D eigenvalue weighted by Gasteiger charge is -2.16. The zero-order valence-corrected chi connectivity index (χ0v) is 10.9. The summed E-state index contributed by atoms with van der Waals surface area (Å²) in [4.78, 5) is 36.3. The molecule has 0 bridgehead atoms. The van der Waals surface area contributed by atoms with Crippen molar-refractivity contribution in [1.29, 1.82) is 0 Å². The molecule has 0 N–H and O–H groups in total. The van der Waals surface area contributed by atoms with E-state index in [9.17, 15) is 14.4 Å². The summed E-state index contributed by atoms with van der Waals surface area (Å²) < 4.78 is 0.702. The number of carbonyl (C=O) groups is 3. The second-order valence-electron chi connectivity index (χ2n) is 3.89. The maximum Gasteiger partial charge on any atom is 0.239 e. The Labute approximate surface area is 112 Å². The number of ketones is 3. The van der Waals surface area contributed by atoms with E-state index in [-0.39, 0.29) is 16.9 Å². The third kappa shape index (κ3) is 1.66. The van der Waals surface area contributed by atoms with E-state index < -0.39 is 11.6 Å². The normalized spacial score (nSPS) is 19.4. The van der Waals surface area contributed by atoms with E-state index in [0.29, 0.717) is 9.80 Å². The molecule has 0 atom stereocenters. The van der Waals surface area contributed by atoms with E-state index in [1.54, 1.807) is 18.2 Å². The highest BCUT2D eigenvalue weighted by Gasteiger charge is 2.38. The molecule has 1 saturated heterocycles. The quantitative estimate of drug-likeness (QED) is 0.413. The maximum atomic E-state index is 12.3. The molecule has 3 rings (SSSR count). The van der Waals surface area contributed by atoms with E-state index in [1.165, 1.54) is 29.6 Å². The summed E-state index contributed by atoms with van der Waals surface area (Å²) >= 11 is 2.96. The van der Waals surface area contributed by atoms with Gasteiger partial charge in [0, 0.05) is 22.6 Å². The fourth-order valence-corrected chi connectivity index (χ4v) is 4.52. The Bertz CT molecular complexity index is 608. The van der Waals surface area contributed by atoms with Crippen LogP contribution in [0.25, 0.3) is 0 Å². The lowest BCUT2D eigenvalue weighted by molar-refractivity contribution is -0.111. The third-order valence-corrected chi connectivity index (χ3v) is 5.55. The first kappa shape index (κ1) is 11.7. The molecule has 1 fully saturated rings. The van der Waals surface area contributed by atoms with Gasteiger partial charge in [0.1, 0.15) is 0 Å². The van der Waals surface area contributed by atoms with Crippen LogP contribution in [0, 0.1) is 0 Å². The first-order valence-corrected chi connectivity index (χ1v) is 7.40. The minimum atomic E-state index is -0.657. The Kier molecular flexibility index (Phi) is 2.87. The van der Waals surface area contributed by atoms with Gasteiger partial charge in [0.05, 0.1) is 9.81 Å². The minimum absolute atomic E-state index is 0.0752. The number of rotatable bonds is 0. The van der Waals surface area contributed by atoms with Crippen molar-refractivity contribution in [3.05, 3.63) is 45.2 Å². The Morgan fingerprint density at radius 1 is 0.778 bits per heavy atom. The summed E-state index contributed by atoms with van der Waals surface area (Å²) in [5, 5.41) is 0. The molecule has 0 aromatic heterocycles. The van der Waals surface area contributed by atoms with Crippen molar-refractivity contribution in [1.82, 2.24) is 0 Å². The predicted molar refractivity (Wildman–Crippen MR) is 72.1 cm³/mol. The Hall–Kier alpha value is -1.33. The summed E-state index contributed by atoms with van der Waals surface area (Å²) in [5.74, 6) is 0.211. The van der Waals surface area contributed by atoms with Gasteiger partial charge in [-0.05, 0) is 0 Å². The van der Waals surface area contributed by atoms with Crippen LogP contribution in [0.5, 0.6) is 0 Å². The van der Waals surface area contributed by atoms with Gasteiger partial charge in [-0.25, -0.2) is 0 Å². The van der Waals surface area contributed by atoms with Crippen molar-refractivity contribution >= 4 is 40.9 Å². The molecule has 1 aliphatic carbocycles. The Morgan fingerprint density at radius 2 is 1.33 bits per heavy atom. The molecule has 1 aromatic carbocycles. The van der Waals surface area contributed by atoms with E-state index in [2.05, 4.69) is 0 Å². The van der Waals surface area contributed by atoms with Gasteiger partial charge in [-0.1, -0.05) is 24.3 Å². The molecule has 0 spiro atoms. The van der Waals surface area contributed by atoms with Crippen LogP contribution in [0.2, 0.25) is 0 Å². The van der Waals surface area contributed by atoms with Crippen LogP contribution in [0.15, 0.2) is 34.1 Å². The monoisotopic (exact) mass is 276 g/mol. The molecule has 0 amide bonds. The topological polar surface area (TPSA) is 51.2 Å². The third-order valence-electron chi connectivity index (χ3n) is 2.83. The molecule has 3 nitrogen and oxygen atoms in total. The minimum Gasteiger partial charge on any atom is -0.288 e. The Balaban J connectivity index is 2.22. The van der Waals surface area contributed by atoms with E-state index in [4.69, 9.17) is 0 Å². The summed E-state index contributed by atoms with van der Waals surface area (Å²) in [6.45, 7) is 0. The highest BCUT2D eigenvalue weighted by Crippen LogP contribution is 2.41. The number of thioether (sulfide) groups is 2. The molecular formula is C13H8O3S2. The average Bonchev–Trinajstić information content (AvgIpc) is 2.90. The molecule has 1 aromatic rings. The fourth-order valence-electron chi connectivity index (χ4n) is 1.99. The van der Waals surface area contributed by atoms with Crippen molar-refractivity contribution in [2.45, 2.75) is 0 Å². The summed E-state index contributed by atoms with van der Waals surface area (Å²) in [5.41, 5.74) is 0.647. The molecule has 1 heterocycles. The number of hydrogen-bond acceptors (Lipinski definition) is 5. The van der Waals surface area contributed by atoms with Crippen LogP contribution in [-0.2, 0) is 4.79 Å². The first-order valence-electron chi connectivity index (χ1n) is 5.43. The van der Waals surface area contributed by atoms with Crippen molar-refractivity contribution in [2.24, 2.45) is 0 Å². The molecular weight excluding hydrogens is 268 g/mol. The van der Waals surface area contributed by atoms with E-state index in [1.807, 2.05) is 0 Å². The lowest BCUT2D eigenvalue weighted by Crippen LogP contribution is -2.30. The molecule has 90 valence electrons. The molecule has 5 heteroatoms. The summed E-state index contributed by atoms with van der Waals surface area (Å²) in [6.07, 6.45) is 0. The van der Waals surface area contributed by atoms with E-state index >= 15 is 0 Å². The number of carbonyl (C=O) groups excluding carboxylic acids is 3.